The Bertz CT molecular complexity index is 209. The van der Waals surface area contributed by atoms with Crippen LogP contribution in [-0.2, 0) is 4.79 Å². The molecule has 2 nitrogen and oxygen atoms in total. The molecule has 0 rings (SSSR count). The molecule has 0 aliphatic rings. The van der Waals surface area contributed by atoms with Crippen LogP contribution in [-0.4, -0.2) is 14.0 Å². The molecule has 0 amide bonds. The predicted octanol–water partition coefficient (Wildman–Crippen LogP) is -2.53. The van der Waals surface area contributed by atoms with Gasteiger partial charge < -0.3 is 9.90 Å². The van der Waals surface area contributed by atoms with Gasteiger partial charge in [0.25, 0.3) is 0 Å². The SMILES string of the molecule is [2H]C([2H])([2H])C([2H])(C(=O)[O-])[Si](C)(C)C.[Na+]. The number of rotatable bonds is 2. The second-order valence-electron chi connectivity index (χ2n) is 2.91. The number of carboxylic acid groups (broad SMARTS) is 1. The average molecular weight is 172 g/mol. The maximum atomic E-state index is 10.7. The molecule has 0 aromatic heterocycles. The molecule has 0 spiro atoms. The molecule has 0 heterocycles. The van der Waals surface area contributed by atoms with Crippen molar-refractivity contribution in [3.05, 3.63) is 0 Å². The summed E-state index contributed by atoms with van der Waals surface area (Å²) in [5.41, 5.74) is -2.43. The van der Waals surface area contributed by atoms with Crippen LogP contribution in [0, 0.1) is 0 Å². The van der Waals surface area contributed by atoms with Gasteiger partial charge in [0.2, 0.25) is 0 Å². The smallest absolute Gasteiger partial charge is 0.550 e. The van der Waals surface area contributed by atoms with Gasteiger partial charge in [-0.05, 0) is 5.52 Å². The summed E-state index contributed by atoms with van der Waals surface area (Å²) in [6, 6.07) is 0. The van der Waals surface area contributed by atoms with Gasteiger partial charge in [0.05, 0.1) is 8.07 Å². The second kappa shape index (κ2) is 4.54. The fourth-order valence-corrected chi connectivity index (χ4v) is 0.919. The third-order valence-electron chi connectivity index (χ3n) is 0.954. The molecule has 0 saturated heterocycles. The molecule has 1 unspecified atom stereocenters. The van der Waals surface area contributed by atoms with E-state index >= 15 is 0 Å². The summed E-state index contributed by atoms with van der Waals surface area (Å²) in [4.78, 5) is 10.7. The van der Waals surface area contributed by atoms with Crippen molar-refractivity contribution in [1.29, 1.82) is 0 Å². The first-order valence-corrected chi connectivity index (χ1v) is 6.16. The van der Waals surface area contributed by atoms with Gasteiger partial charge in [0, 0.05) is 11.5 Å². The van der Waals surface area contributed by atoms with Crippen LogP contribution < -0.4 is 34.7 Å². The first-order chi connectivity index (χ1) is 5.44. The van der Waals surface area contributed by atoms with Crippen molar-refractivity contribution in [2.75, 3.05) is 0 Å². The van der Waals surface area contributed by atoms with Crippen LogP contribution in [0.25, 0.3) is 0 Å². The summed E-state index contributed by atoms with van der Waals surface area (Å²) in [6.07, 6.45) is 0. The first-order valence-electron chi connectivity index (χ1n) is 4.66. The molecule has 10 heavy (non-hydrogen) atoms. The van der Waals surface area contributed by atoms with E-state index in [1.54, 1.807) is 0 Å². The standard InChI is InChI=1S/C6H14O2Si.Na/c1-5(6(7)8)9(2,3)4;/h5H,1-4H3,(H,7,8);/q;+1/p-1/i1D3,5D;. The zero-order chi connectivity index (χ0) is 11.1. The molecular weight excluding hydrogens is 155 g/mol. The first kappa shape index (κ1) is 6.23. The van der Waals surface area contributed by atoms with E-state index in [1.807, 2.05) is 0 Å². The minimum absolute atomic E-state index is 0. The number of carbonyl (C=O) groups excluding carboxylic acids is 1. The molecule has 4 heteroatoms. The van der Waals surface area contributed by atoms with E-state index in [1.165, 1.54) is 19.6 Å². The largest absolute Gasteiger partial charge is 1.00 e. The average Bonchev–Trinajstić information content (AvgIpc) is 1.80. The van der Waals surface area contributed by atoms with E-state index < -0.39 is 26.4 Å². The van der Waals surface area contributed by atoms with Gasteiger partial charge in [-0.3, -0.25) is 0 Å². The van der Waals surface area contributed by atoms with Crippen molar-refractivity contribution in [3.63, 3.8) is 0 Å². The van der Waals surface area contributed by atoms with Crippen molar-refractivity contribution >= 4 is 14.0 Å². The van der Waals surface area contributed by atoms with Gasteiger partial charge in [-0.15, -0.1) is 0 Å². The van der Waals surface area contributed by atoms with Crippen molar-refractivity contribution in [2.24, 2.45) is 0 Å². The normalized spacial score (nSPS) is 23.9. The van der Waals surface area contributed by atoms with Crippen molar-refractivity contribution in [1.82, 2.24) is 0 Å². The van der Waals surface area contributed by atoms with Crippen LogP contribution in [0.4, 0.5) is 0 Å². The molecule has 0 aromatic rings. The monoisotopic (exact) mass is 172 g/mol. The summed E-state index contributed by atoms with van der Waals surface area (Å²) in [7, 11) is -2.67. The van der Waals surface area contributed by atoms with Gasteiger partial charge in [-0.1, -0.05) is 26.5 Å². The number of carboxylic acids is 1. The summed E-state index contributed by atoms with van der Waals surface area (Å²) in [5.74, 6) is -1.80. The van der Waals surface area contributed by atoms with E-state index in [2.05, 4.69) is 0 Å². The Kier molecular flexibility index (Phi) is 2.83. The Morgan fingerprint density at radius 1 is 1.70 bits per heavy atom. The molecule has 0 radical (unpaired) electrons. The summed E-state index contributed by atoms with van der Waals surface area (Å²) in [5, 5.41) is 10.7. The van der Waals surface area contributed by atoms with Gasteiger partial charge in [-0.25, -0.2) is 0 Å². The maximum Gasteiger partial charge on any atom is 1.00 e. The molecular formula is C6H13NaO2Si. The van der Waals surface area contributed by atoms with Crippen molar-refractivity contribution in [2.45, 2.75) is 32.0 Å². The number of aliphatic carboxylic acids is 1. The van der Waals surface area contributed by atoms with Gasteiger partial charge in [-0.2, -0.15) is 0 Å². The third kappa shape index (κ3) is 4.49. The van der Waals surface area contributed by atoms with Crippen molar-refractivity contribution in [3.8, 4) is 0 Å². The Labute approximate surface area is 90.9 Å². The molecule has 0 fully saturated rings. The Hall–Kier alpha value is 0.687. The number of carbonyl (C=O) groups is 1. The molecule has 0 saturated carbocycles. The molecule has 0 aliphatic heterocycles. The zero-order valence-corrected chi connectivity index (χ0v) is 9.82. The molecule has 0 N–H and O–H groups in total. The van der Waals surface area contributed by atoms with Crippen molar-refractivity contribution < 1.29 is 44.9 Å². The third-order valence-corrected chi connectivity index (χ3v) is 2.66. The predicted molar refractivity (Wildman–Crippen MR) is 37.8 cm³/mol. The van der Waals surface area contributed by atoms with Crippen LogP contribution in [0.5, 0.6) is 0 Å². The Morgan fingerprint density at radius 3 is 2.10 bits per heavy atom. The van der Waals surface area contributed by atoms with Gasteiger partial charge in [0.15, 0.2) is 0 Å². The summed E-state index contributed by atoms with van der Waals surface area (Å²) >= 11 is 0. The Morgan fingerprint density at radius 2 is 2.10 bits per heavy atom. The van der Waals surface area contributed by atoms with Gasteiger partial charge >= 0.3 is 29.6 Å². The van der Waals surface area contributed by atoms with E-state index in [0.717, 1.165) is 0 Å². The minimum atomic E-state index is -2.82. The maximum absolute atomic E-state index is 10.7. The minimum Gasteiger partial charge on any atom is -0.550 e. The van der Waals surface area contributed by atoms with Crippen LogP contribution in [0.1, 0.15) is 12.3 Å². The van der Waals surface area contributed by atoms with E-state index in [4.69, 9.17) is 5.48 Å². The van der Waals surface area contributed by atoms with Crippen LogP contribution >= 0.6 is 0 Å². The summed E-state index contributed by atoms with van der Waals surface area (Å²) < 4.78 is 28.6. The molecule has 1 atom stereocenters. The number of hydrogen-bond acceptors (Lipinski definition) is 2. The molecule has 0 bridgehead atoms. The second-order valence-corrected chi connectivity index (χ2v) is 7.91. The zero-order valence-electron chi connectivity index (χ0n) is 10.8. The van der Waals surface area contributed by atoms with Gasteiger partial charge in [0.1, 0.15) is 0 Å². The van der Waals surface area contributed by atoms with E-state index in [-0.39, 0.29) is 29.6 Å². The molecule has 0 aromatic carbocycles. The fraction of sp³-hybridized carbons (Fsp3) is 0.833. The summed E-state index contributed by atoms with van der Waals surface area (Å²) in [6.45, 7) is 1.77. The topological polar surface area (TPSA) is 40.1 Å². The van der Waals surface area contributed by atoms with Crippen LogP contribution in [0.15, 0.2) is 0 Å². The molecule has 54 valence electrons. The van der Waals surface area contributed by atoms with E-state index in [0.29, 0.717) is 0 Å². The van der Waals surface area contributed by atoms with E-state index in [9.17, 15) is 9.90 Å². The quantitative estimate of drug-likeness (QED) is 0.431. The fourth-order valence-electron chi connectivity index (χ4n) is 0.306. The van der Waals surface area contributed by atoms with Crippen LogP contribution in [0.2, 0.25) is 25.2 Å². The molecule has 0 aliphatic carbocycles. The van der Waals surface area contributed by atoms with Crippen LogP contribution in [0.3, 0.4) is 0 Å². The number of hydrogen-bond donors (Lipinski definition) is 0. The Balaban J connectivity index is 0.